The Balaban J connectivity index is 1.12. The summed E-state index contributed by atoms with van der Waals surface area (Å²) in [6, 6.07) is 90.6. The van der Waals surface area contributed by atoms with E-state index in [0.29, 0.717) is 0 Å². The average Bonchev–Trinajstić information content (AvgIpc) is 3.76. The standard InChI is InChI=1S/C61H41NO2Si/c1-5-22-42(23-6-1)61(43-24-7-2-8-25-43)51-32-14-16-34-53(51)62(54-35-17-15-33-52(54)61)44-40-49-47-30-13-18-36-55(47)63-59(49)50(41-44)48-31-21-39-58-60(48)64-56-37-19-20-38-57(56)65(58,45-26-9-3-10-27-45)46-28-11-4-12-29-46/h1-41H. The number of ether oxygens (including phenoxy) is 1. The normalized spacial score (nSPS) is 14.2. The van der Waals surface area contributed by atoms with E-state index in [1.54, 1.807) is 0 Å². The van der Waals surface area contributed by atoms with Gasteiger partial charge in [0.25, 0.3) is 0 Å². The highest BCUT2D eigenvalue weighted by Gasteiger charge is 2.49. The molecule has 0 saturated heterocycles. The molecular weight excluding hydrogens is 807 g/mol. The van der Waals surface area contributed by atoms with E-state index >= 15 is 0 Å². The molecule has 0 spiro atoms. The molecule has 306 valence electrons. The number of hydrogen-bond acceptors (Lipinski definition) is 3. The van der Waals surface area contributed by atoms with E-state index in [1.807, 2.05) is 0 Å². The van der Waals surface area contributed by atoms with Crippen LogP contribution in [0.25, 0.3) is 33.1 Å². The van der Waals surface area contributed by atoms with E-state index in [2.05, 4.69) is 254 Å². The van der Waals surface area contributed by atoms with Crippen LogP contribution in [-0.4, -0.2) is 8.07 Å². The molecule has 4 heteroatoms. The van der Waals surface area contributed by atoms with Gasteiger partial charge in [0, 0.05) is 27.6 Å². The molecule has 65 heavy (non-hydrogen) atoms. The van der Waals surface area contributed by atoms with Crippen LogP contribution in [0.4, 0.5) is 17.1 Å². The van der Waals surface area contributed by atoms with Crippen LogP contribution < -0.4 is 30.4 Å². The number of fused-ring (bicyclic) bond motifs is 7. The van der Waals surface area contributed by atoms with Crippen molar-refractivity contribution >= 4 is 67.8 Å². The summed E-state index contributed by atoms with van der Waals surface area (Å²) >= 11 is 0. The maximum Gasteiger partial charge on any atom is 0.188 e. The van der Waals surface area contributed by atoms with Crippen LogP contribution in [0.3, 0.4) is 0 Å². The van der Waals surface area contributed by atoms with Crippen LogP contribution in [0.5, 0.6) is 11.5 Å². The maximum atomic E-state index is 7.29. The van der Waals surface area contributed by atoms with Gasteiger partial charge in [-0.2, -0.15) is 0 Å². The van der Waals surface area contributed by atoms with Crippen LogP contribution in [0.1, 0.15) is 22.3 Å². The highest BCUT2D eigenvalue weighted by molar-refractivity contribution is 7.20. The van der Waals surface area contributed by atoms with Gasteiger partial charge in [-0.15, -0.1) is 0 Å². The van der Waals surface area contributed by atoms with Gasteiger partial charge in [0.05, 0.1) is 16.8 Å². The van der Waals surface area contributed by atoms with Crippen LogP contribution >= 0.6 is 0 Å². The Morgan fingerprint density at radius 1 is 0.400 bits per heavy atom. The van der Waals surface area contributed by atoms with Gasteiger partial charge in [0.2, 0.25) is 0 Å². The fraction of sp³-hybridized carbons (Fsp3) is 0.0164. The zero-order valence-electron chi connectivity index (χ0n) is 35.4. The number of benzene rings is 10. The molecular formula is C61H41NO2Si. The Morgan fingerprint density at radius 2 is 0.923 bits per heavy atom. The van der Waals surface area contributed by atoms with Crippen molar-refractivity contribution in [3.8, 4) is 22.6 Å². The van der Waals surface area contributed by atoms with Crippen molar-refractivity contribution in [2.45, 2.75) is 5.41 Å². The third-order valence-electron chi connectivity index (χ3n) is 13.9. The maximum absolute atomic E-state index is 7.29. The number of hydrogen-bond donors (Lipinski definition) is 0. The molecule has 3 nitrogen and oxygen atoms in total. The molecule has 11 aromatic rings. The predicted octanol–water partition coefficient (Wildman–Crippen LogP) is 12.9. The zero-order chi connectivity index (χ0) is 43.0. The Kier molecular flexibility index (Phi) is 8.45. The summed E-state index contributed by atoms with van der Waals surface area (Å²) in [5.41, 5.74) is 11.2. The smallest absolute Gasteiger partial charge is 0.188 e. The predicted molar refractivity (Wildman–Crippen MR) is 269 cm³/mol. The molecule has 0 atom stereocenters. The minimum atomic E-state index is -2.93. The molecule has 0 aliphatic carbocycles. The summed E-state index contributed by atoms with van der Waals surface area (Å²) < 4.78 is 14.3. The lowest BCUT2D eigenvalue weighted by Crippen LogP contribution is -2.76. The summed E-state index contributed by atoms with van der Waals surface area (Å²) in [5.74, 6) is 1.76. The quantitative estimate of drug-likeness (QED) is 0.156. The largest absolute Gasteiger partial charge is 0.457 e. The first-order chi connectivity index (χ1) is 32.3. The molecule has 0 radical (unpaired) electrons. The summed E-state index contributed by atoms with van der Waals surface area (Å²) in [4.78, 5) is 2.47. The Bertz CT molecular complexity index is 3460. The summed E-state index contributed by atoms with van der Waals surface area (Å²) in [5, 5.41) is 7.20. The number of anilines is 3. The summed E-state index contributed by atoms with van der Waals surface area (Å²) in [6.07, 6.45) is 0. The molecule has 0 unspecified atom stereocenters. The molecule has 10 aromatic carbocycles. The van der Waals surface area contributed by atoms with Gasteiger partial charge >= 0.3 is 0 Å². The number of para-hydroxylation sites is 5. The van der Waals surface area contributed by atoms with Crippen LogP contribution in [0.2, 0.25) is 0 Å². The fourth-order valence-electron chi connectivity index (χ4n) is 11.3. The summed E-state index contributed by atoms with van der Waals surface area (Å²) in [7, 11) is -2.93. The van der Waals surface area contributed by atoms with Gasteiger partial charge in [-0.25, -0.2) is 0 Å². The molecule has 0 bridgehead atoms. The van der Waals surface area contributed by atoms with Gasteiger partial charge in [0.15, 0.2) is 8.07 Å². The van der Waals surface area contributed by atoms with E-state index in [9.17, 15) is 0 Å². The topological polar surface area (TPSA) is 25.6 Å². The number of furan rings is 1. The summed E-state index contributed by atoms with van der Waals surface area (Å²) in [6.45, 7) is 0. The molecule has 0 fully saturated rings. The van der Waals surface area contributed by atoms with Crippen LogP contribution in [0.15, 0.2) is 253 Å². The van der Waals surface area contributed by atoms with Gasteiger partial charge in [0.1, 0.15) is 22.7 Å². The van der Waals surface area contributed by atoms with Gasteiger partial charge < -0.3 is 14.1 Å². The SMILES string of the molecule is c1ccc(C2(c3ccccc3)c3ccccc3N(c3cc(-c4cccc5c4Oc4ccccc4[Si]5(c4ccccc4)c4ccccc4)c4oc5ccccc5c4c3)c3ccccc32)cc1. The second kappa shape index (κ2) is 14.7. The first-order valence-electron chi connectivity index (χ1n) is 22.3. The Labute approximate surface area is 379 Å². The lowest BCUT2D eigenvalue weighted by Gasteiger charge is -2.46. The monoisotopic (exact) mass is 847 g/mol. The lowest BCUT2D eigenvalue weighted by atomic mass is 9.62. The molecule has 2 aliphatic rings. The highest BCUT2D eigenvalue weighted by Crippen LogP contribution is 2.58. The highest BCUT2D eigenvalue weighted by atomic mass is 28.3. The van der Waals surface area contributed by atoms with E-state index in [4.69, 9.17) is 9.15 Å². The number of rotatable bonds is 6. The van der Waals surface area contributed by atoms with E-state index in [-0.39, 0.29) is 0 Å². The molecule has 2 aliphatic heterocycles. The first kappa shape index (κ1) is 37.4. The van der Waals surface area contributed by atoms with Crippen molar-refractivity contribution in [3.05, 3.63) is 271 Å². The van der Waals surface area contributed by atoms with Crippen LogP contribution in [0, 0.1) is 0 Å². The number of nitrogens with zero attached hydrogens (tertiary/aromatic N) is 1. The van der Waals surface area contributed by atoms with Gasteiger partial charge in [-0.05, 0) is 79.4 Å². The van der Waals surface area contributed by atoms with Crippen molar-refractivity contribution in [1.29, 1.82) is 0 Å². The molecule has 13 rings (SSSR count). The van der Waals surface area contributed by atoms with E-state index in [0.717, 1.165) is 61.6 Å². The van der Waals surface area contributed by atoms with Crippen molar-refractivity contribution in [1.82, 2.24) is 0 Å². The van der Waals surface area contributed by atoms with Crippen molar-refractivity contribution in [2.24, 2.45) is 0 Å². The fourth-order valence-corrected chi connectivity index (χ4v) is 16.2. The minimum Gasteiger partial charge on any atom is -0.457 e. The zero-order valence-corrected chi connectivity index (χ0v) is 36.4. The molecule has 0 saturated carbocycles. The molecule has 1 aromatic heterocycles. The Morgan fingerprint density at radius 3 is 1.57 bits per heavy atom. The van der Waals surface area contributed by atoms with Crippen molar-refractivity contribution in [2.75, 3.05) is 4.90 Å². The second-order valence-electron chi connectivity index (χ2n) is 17.1. The van der Waals surface area contributed by atoms with E-state index < -0.39 is 13.5 Å². The van der Waals surface area contributed by atoms with E-state index in [1.165, 1.54) is 43.0 Å². The first-order valence-corrected chi connectivity index (χ1v) is 24.3. The van der Waals surface area contributed by atoms with Gasteiger partial charge in [-0.1, -0.05) is 212 Å². The van der Waals surface area contributed by atoms with Crippen molar-refractivity contribution < 1.29 is 9.15 Å². The third kappa shape index (κ3) is 5.35. The third-order valence-corrected chi connectivity index (χ3v) is 18.7. The minimum absolute atomic E-state index is 0.579. The average molecular weight is 848 g/mol. The van der Waals surface area contributed by atoms with Crippen molar-refractivity contribution in [3.63, 3.8) is 0 Å². The molecule has 3 heterocycles. The van der Waals surface area contributed by atoms with Gasteiger partial charge in [-0.3, -0.25) is 0 Å². The Hall–Kier alpha value is -8.18. The molecule has 0 N–H and O–H groups in total. The second-order valence-corrected chi connectivity index (χ2v) is 20.8. The molecule has 0 amide bonds. The van der Waals surface area contributed by atoms with Crippen LogP contribution in [-0.2, 0) is 5.41 Å². The lowest BCUT2D eigenvalue weighted by molar-refractivity contribution is 0.489.